The van der Waals surface area contributed by atoms with E-state index in [4.69, 9.17) is 16.3 Å². The Balaban J connectivity index is 1.62. The van der Waals surface area contributed by atoms with Crippen LogP contribution in [0, 0.1) is 5.92 Å². The zero-order valence-corrected chi connectivity index (χ0v) is 17.4. The van der Waals surface area contributed by atoms with E-state index in [1.807, 2.05) is 37.8 Å². The minimum absolute atomic E-state index is 0.0299. The summed E-state index contributed by atoms with van der Waals surface area (Å²) in [6.07, 6.45) is 9.15. The van der Waals surface area contributed by atoms with Gasteiger partial charge in [-0.05, 0) is 70.9 Å². The van der Waals surface area contributed by atoms with Gasteiger partial charge in [0.15, 0.2) is 0 Å². The highest BCUT2D eigenvalue weighted by atomic mass is 35.5. The molecule has 1 fully saturated rings. The normalized spacial score (nSPS) is 24.5. The van der Waals surface area contributed by atoms with E-state index in [0.717, 1.165) is 37.9 Å². The van der Waals surface area contributed by atoms with Gasteiger partial charge in [0, 0.05) is 31.2 Å². The standard InChI is InChI=1S/C21H31ClN2O3/c1-21(2,3)27-20(26)23-12-9-15(10-13-23)19(25)24-11-5-4-6-16-14-17(22)7-8-18(16)24/h7-8,15,17H,4-6,9-14H2,1-3H3. The van der Waals surface area contributed by atoms with Crippen LogP contribution < -0.4 is 0 Å². The lowest BCUT2D eigenvalue weighted by Gasteiger charge is -2.36. The van der Waals surface area contributed by atoms with Gasteiger partial charge in [0.2, 0.25) is 5.91 Å². The second kappa shape index (κ2) is 8.26. The molecule has 2 amide bonds. The number of carbonyl (C=O) groups excluding carboxylic acids is 2. The number of allylic oxidation sites excluding steroid dienone is 3. The second-order valence-corrected chi connectivity index (χ2v) is 9.32. The lowest BCUT2D eigenvalue weighted by atomic mass is 9.93. The summed E-state index contributed by atoms with van der Waals surface area (Å²) in [5, 5.41) is 0.0378. The third-order valence-corrected chi connectivity index (χ3v) is 5.73. The van der Waals surface area contributed by atoms with Gasteiger partial charge in [-0.1, -0.05) is 6.08 Å². The Morgan fingerprint density at radius 3 is 2.52 bits per heavy atom. The van der Waals surface area contributed by atoms with Crippen molar-refractivity contribution in [2.24, 2.45) is 5.92 Å². The van der Waals surface area contributed by atoms with Crippen molar-refractivity contribution in [3.05, 3.63) is 23.4 Å². The van der Waals surface area contributed by atoms with Crippen LogP contribution in [0.5, 0.6) is 0 Å². The Morgan fingerprint density at radius 1 is 1.15 bits per heavy atom. The molecule has 0 aromatic heterocycles. The number of rotatable bonds is 1. The van der Waals surface area contributed by atoms with Crippen LogP contribution in [0.2, 0.25) is 0 Å². The molecule has 27 heavy (non-hydrogen) atoms. The van der Waals surface area contributed by atoms with E-state index in [0.29, 0.717) is 25.9 Å². The van der Waals surface area contributed by atoms with Crippen molar-refractivity contribution in [3.8, 4) is 0 Å². The SMILES string of the molecule is CC(C)(C)OC(=O)N1CCC(C(=O)N2CCCCC3=C2C=CC(Cl)C3)CC1. The van der Waals surface area contributed by atoms with Crippen LogP contribution in [0.1, 0.15) is 59.3 Å². The third kappa shape index (κ3) is 5.07. The average molecular weight is 395 g/mol. The van der Waals surface area contributed by atoms with Crippen LogP contribution >= 0.6 is 11.6 Å². The van der Waals surface area contributed by atoms with E-state index < -0.39 is 5.60 Å². The topological polar surface area (TPSA) is 49.9 Å². The van der Waals surface area contributed by atoms with E-state index >= 15 is 0 Å². The molecule has 150 valence electrons. The summed E-state index contributed by atoms with van der Waals surface area (Å²) in [4.78, 5) is 29.2. The molecule has 6 heteroatoms. The number of likely N-dealkylation sites (tertiary alicyclic amines) is 1. The Labute approximate surface area is 167 Å². The summed E-state index contributed by atoms with van der Waals surface area (Å²) < 4.78 is 5.45. The van der Waals surface area contributed by atoms with E-state index in [2.05, 4.69) is 0 Å². The first-order valence-corrected chi connectivity index (χ1v) is 10.5. The molecular formula is C21H31ClN2O3. The summed E-state index contributed by atoms with van der Waals surface area (Å²) in [6, 6.07) is 0. The number of piperidine rings is 1. The number of hydrogen-bond donors (Lipinski definition) is 0. The second-order valence-electron chi connectivity index (χ2n) is 8.76. The molecule has 0 bridgehead atoms. The monoisotopic (exact) mass is 394 g/mol. The number of halogens is 1. The molecule has 0 aromatic rings. The summed E-state index contributed by atoms with van der Waals surface area (Å²) in [5.41, 5.74) is 1.89. The van der Waals surface area contributed by atoms with E-state index in [-0.39, 0.29) is 23.3 Å². The molecule has 0 radical (unpaired) electrons. The summed E-state index contributed by atoms with van der Waals surface area (Å²) in [6.45, 7) is 7.54. The average Bonchev–Trinajstić information content (AvgIpc) is 2.81. The highest BCUT2D eigenvalue weighted by Crippen LogP contribution is 2.33. The molecule has 0 saturated carbocycles. The van der Waals surface area contributed by atoms with Crippen molar-refractivity contribution in [2.45, 2.75) is 70.3 Å². The Hall–Kier alpha value is -1.49. The van der Waals surface area contributed by atoms with Gasteiger partial charge in [0.1, 0.15) is 5.60 Å². The lowest BCUT2D eigenvalue weighted by molar-refractivity contribution is -0.135. The van der Waals surface area contributed by atoms with Crippen LogP contribution in [0.25, 0.3) is 0 Å². The van der Waals surface area contributed by atoms with Gasteiger partial charge >= 0.3 is 6.09 Å². The lowest BCUT2D eigenvalue weighted by Crippen LogP contribution is -2.45. The summed E-state index contributed by atoms with van der Waals surface area (Å²) in [7, 11) is 0. The highest BCUT2D eigenvalue weighted by Gasteiger charge is 2.34. The van der Waals surface area contributed by atoms with Crippen LogP contribution in [-0.2, 0) is 9.53 Å². The Bertz CT molecular complexity index is 642. The minimum atomic E-state index is -0.494. The van der Waals surface area contributed by atoms with Gasteiger partial charge in [-0.25, -0.2) is 4.79 Å². The first kappa shape index (κ1) is 20.2. The molecule has 0 aromatic carbocycles. The maximum absolute atomic E-state index is 13.2. The van der Waals surface area contributed by atoms with Gasteiger partial charge in [-0.15, -0.1) is 11.6 Å². The van der Waals surface area contributed by atoms with Crippen LogP contribution in [0.3, 0.4) is 0 Å². The predicted molar refractivity (Wildman–Crippen MR) is 107 cm³/mol. The van der Waals surface area contributed by atoms with E-state index in [1.54, 1.807) is 4.90 Å². The van der Waals surface area contributed by atoms with Crippen molar-refractivity contribution in [1.29, 1.82) is 0 Å². The van der Waals surface area contributed by atoms with Gasteiger partial charge in [-0.2, -0.15) is 0 Å². The van der Waals surface area contributed by atoms with Crippen LogP contribution in [0.4, 0.5) is 4.79 Å². The molecule has 2 aliphatic heterocycles. The molecule has 1 aliphatic carbocycles. The number of amides is 2. The highest BCUT2D eigenvalue weighted by molar-refractivity contribution is 6.22. The summed E-state index contributed by atoms with van der Waals surface area (Å²) in [5.74, 6) is 0.170. The van der Waals surface area contributed by atoms with E-state index in [1.165, 1.54) is 5.57 Å². The zero-order valence-electron chi connectivity index (χ0n) is 16.7. The molecule has 0 spiro atoms. The fourth-order valence-electron chi connectivity index (χ4n) is 4.05. The molecule has 0 N–H and O–H groups in total. The van der Waals surface area contributed by atoms with Crippen molar-refractivity contribution >= 4 is 23.6 Å². The largest absolute Gasteiger partial charge is 0.444 e. The van der Waals surface area contributed by atoms with Crippen LogP contribution in [0.15, 0.2) is 23.4 Å². The predicted octanol–water partition coefficient (Wildman–Crippen LogP) is 4.47. The molecule has 1 atom stereocenters. The molecule has 3 rings (SSSR count). The first-order valence-electron chi connectivity index (χ1n) is 10.1. The van der Waals surface area contributed by atoms with Gasteiger partial charge < -0.3 is 14.5 Å². The zero-order chi connectivity index (χ0) is 19.6. The van der Waals surface area contributed by atoms with Crippen molar-refractivity contribution < 1.29 is 14.3 Å². The molecule has 1 unspecified atom stereocenters. The summed E-state index contributed by atoms with van der Waals surface area (Å²) >= 11 is 6.28. The van der Waals surface area contributed by atoms with Gasteiger partial charge in [0.05, 0.1) is 5.38 Å². The van der Waals surface area contributed by atoms with Gasteiger partial charge in [-0.3, -0.25) is 4.79 Å². The molecule has 1 saturated heterocycles. The number of alkyl halides is 1. The third-order valence-electron chi connectivity index (χ3n) is 5.43. The smallest absolute Gasteiger partial charge is 0.410 e. The maximum Gasteiger partial charge on any atom is 0.410 e. The van der Waals surface area contributed by atoms with Crippen molar-refractivity contribution in [3.63, 3.8) is 0 Å². The Kier molecular flexibility index (Phi) is 6.19. The number of nitrogens with zero attached hydrogens (tertiary/aromatic N) is 2. The minimum Gasteiger partial charge on any atom is -0.444 e. The number of ether oxygens (including phenoxy) is 1. The quantitative estimate of drug-likeness (QED) is 0.616. The number of hydrogen-bond acceptors (Lipinski definition) is 3. The van der Waals surface area contributed by atoms with Gasteiger partial charge in [0.25, 0.3) is 0 Å². The molecule has 2 heterocycles. The van der Waals surface area contributed by atoms with Crippen molar-refractivity contribution in [2.75, 3.05) is 19.6 Å². The molecule has 5 nitrogen and oxygen atoms in total. The van der Waals surface area contributed by atoms with E-state index in [9.17, 15) is 9.59 Å². The Morgan fingerprint density at radius 2 is 1.85 bits per heavy atom. The first-order chi connectivity index (χ1) is 12.7. The molecule has 3 aliphatic rings. The van der Waals surface area contributed by atoms with Crippen LogP contribution in [-0.4, -0.2) is 52.4 Å². The maximum atomic E-state index is 13.2. The number of carbonyl (C=O) groups is 2. The molecular weight excluding hydrogens is 364 g/mol. The van der Waals surface area contributed by atoms with Crippen molar-refractivity contribution in [1.82, 2.24) is 9.80 Å². The fraction of sp³-hybridized carbons (Fsp3) is 0.714. The fourth-order valence-corrected chi connectivity index (χ4v) is 4.30.